The van der Waals surface area contributed by atoms with E-state index in [2.05, 4.69) is 4.98 Å². The number of hydrogen-bond acceptors (Lipinski definition) is 4. The number of hydrogen-bond donors (Lipinski definition) is 0. The largest absolute Gasteiger partial charge is 0.270 e. The summed E-state index contributed by atoms with van der Waals surface area (Å²) in [6.07, 6.45) is 1.79. The first-order valence-electron chi connectivity index (χ1n) is 6.83. The van der Waals surface area contributed by atoms with Crippen LogP contribution in [0.2, 0.25) is 0 Å². The van der Waals surface area contributed by atoms with Gasteiger partial charge in [0.1, 0.15) is 0 Å². The van der Waals surface area contributed by atoms with E-state index in [1.54, 1.807) is 11.0 Å². The van der Waals surface area contributed by atoms with Crippen molar-refractivity contribution in [2.75, 3.05) is 4.90 Å². The predicted molar refractivity (Wildman–Crippen MR) is 95.8 cm³/mol. The lowest BCUT2D eigenvalue weighted by Crippen LogP contribution is -2.27. The van der Waals surface area contributed by atoms with Crippen LogP contribution < -0.4 is 4.90 Å². The molecule has 0 atom stereocenters. The summed E-state index contributed by atoms with van der Waals surface area (Å²) < 4.78 is 0.550. The van der Waals surface area contributed by atoms with Gasteiger partial charge in [0, 0.05) is 5.69 Å². The summed E-state index contributed by atoms with van der Waals surface area (Å²) in [5.41, 5.74) is 3.59. The molecule has 2 aromatic rings. The lowest BCUT2D eigenvalue weighted by atomic mass is 10.2. The highest BCUT2D eigenvalue weighted by molar-refractivity contribution is 8.27. The van der Waals surface area contributed by atoms with Crippen molar-refractivity contribution in [3.63, 3.8) is 0 Å². The average Bonchev–Trinajstić information content (AvgIpc) is 2.73. The first kappa shape index (κ1) is 14.9. The third-order valence-corrected chi connectivity index (χ3v) is 4.54. The second-order valence-corrected chi connectivity index (χ2v) is 6.74. The maximum absolute atomic E-state index is 12.6. The van der Waals surface area contributed by atoms with Gasteiger partial charge in [-0.15, -0.1) is 0 Å². The van der Waals surface area contributed by atoms with Crippen LogP contribution in [0.5, 0.6) is 0 Å². The number of nitrogens with zero attached hydrogens (tertiary/aromatic N) is 2. The second-order valence-electron chi connectivity index (χ2n) is 5.06. The Morgan fingerprint density at radius 1 is 1.18 bits per heavy atom. The normalized spacial score (nSPS) is 16.6. The summed E-state index contributed by atoms with van der Waals surface area (Å²) in [6.45, 7) is 3.92. The van der Waals surface area contributed by atoms with Crippen molar-refractivity contribution in [1.82, 2.24) is 4.98 Å². The van der Waals surface area contributed by atoms with E-state index in [1.807, 2.05) is 56.3 Å². The van der Waals surface area contributed by atoms with Crippen LogP contribution in [0.3, 0.4) is 0 Å². The molecule has 0 spiro atoms. The van der Waals surface area contributed by atoms with Crippen LogP contribution in [0.15, 0.2) is 47.4 Å². The zero-order valence-corrected chi connectivity index (χ0v) is 13.9. The van der Waals surface area contributed by atoms with E-state index in [0.717, 1.165) is 22.6 Å². The Bertz CT molecular complexity index is 799. The van der Waals surface area contributed by atoms with Crippen molar-refractivity contribution in [2.45, 2.75) is 13.8 Å². The summed E-state index contributed by atoms with van der Waals surface area (Å²) >= 11 is 6.68. The summed E-state index contributed by atoms with van der Waals surface area (Å²) in [4.78, 5) is 19.2. The monoisotopic (exact) mass is 326 g/mol. The minimum Gasteiger partial charge on any atom is -0.268 e. The fourth-order valence-corrected chi connectivity index (χ4v) is 3.52. The summed E-state index contributed by atoms with van der Waals surface area (Å²) in [5.74, 6) is -0.0936. The highest BCUT2D eigenvalue weighted by Gasteiger charge is 2.33. The van der Waals surface area contributed by atoms with Gasteiger partial charge in [0.25, 0.3) is 5.91 Å². The van der Waals surface area contributed by atoms with Gasteiger partial charge >= 0.3 is 0 Å². The van der Waals surface area contributed by atoms with Gasteiger partial charge in [-0.2, -0.15) is 0 Å². The number of aromatic nitrogens is 1. The molecule has 1 aliphatic rings. The summed E-state index contributed by atoms with van der Waals surface area (Å²) in [6, 6.07) is 13.5. The number of amides is 1. The van der Waals surface area contributed by atoms with Crippen LogP contribution >= 0.6 is 24.0 Å². The van der Waals surface area contributed by atoms with E-state index in [0.29, 0.717) is 9.23 Å². The first-order chi connectivity index (χ1) is 10.5. The standard InChI is InChI=1S/C17H14N2OS2/c1-11-5-3-8-14(9-11)19-16(20)15(22-17(19)21)10-13-7-4-6-12(2)18-13/h3-10H,1-2H3/b15-10-. The van der Waals surface area contributed by atoms with Gasteiger partial charge in [-0.25, -0.2) is 0 Å². The third kappa shape index (κ3) is 2.96. The fraction of sp³-hybridized carbons (Fsp3) is 0.118. The van der Waals surface area contributed by atoms with Gasteiger partial charge in [0.2, 0.25) is 0 Å². The topological polar surface area (TPSA) is 33.2 Å². The number of thioether (sulfide) groups is 1. The molecule has 1 saturated heterocycles. The molecule has 3 rings (SSSR count). The first-order valence-corrected chi connectivity index (χ1v) is 8.05. The minimum atomic E-state index is -0.0936. The molecular formula is C17H14N2OS2. The van der Waals surface area contributed by atoms with Crippen molar-refractivity contribution in [3.05, 3.63) is 64.3 Å². The molecule has 22 heavy (non-hydrogen) atoms. The molecule has 0 saturated carbocycles. The van der Waals surface area contributed by atoms with Gasteiger partial charge < -0.3 is 0 Å². The molecule has 0 bridgehead atoms. The number of carbonyl (C=O) groups is 1. The number of carbonyl (C=O) groups excluding carboxylic acids is 1. The minimum absolute atomic E-state index is 0.0936. The Morgan fingerprint density at radius 2 is 1.95 bits per heavy atom. The van der Waals surface area contributed by atoms with Gasteiger partial charge in [0.05, 0.1) is 16.3 Å². The zero-order chi connectivity index (χ0) is 15.7. The van der Waals surface area contributed by atoms with Crippen LogP contribution in [0.25, 0.3) is 6.08 Å². The van der Waals surface area contributed by atoms with Crippen LogP contribution in [-0.2, 0) is 4.79 Å². The Kier molecular flexibility index (Phi) is 4.09. The van der Waals surface area contributed by atoms with Gasteiger partial charge in [-0.3, -0.25) is 14.7 Å². The molecule has 1 aromatic carbocycles. The lowest BCUT2D eigenvalue weighted by Gasteiger charge is -2.14. The Labute approximate surface area is 139 Å². The van der Waals surface area contributed by atoms with Crippen LogP contribution in [-0.4, -0.2) is 15.2 Å². The fourth-order valence-electron chi connectivity index (χ4n) is 2.24. The van der Waals surface area contributed by atoms with Crippen molar-refractivity contribution >= 4 is 46.0 Å². The van der Waals surface area contributed by atoms with E-state index >= 15 is 0 Å². The van der Waals surface area contributed by atoms with Gasteiger partial charge in [-0.1, -0.05) is 42.2 Å². The highest BCUT2D eigenvalue weighted by Crippen LogP contribution is 2.35. The Morgan fingerprint density at radius 3 is 2.68 bits per heavy atom. The van der Waals surface area contributed by atoms with E-state index in [-0.39, 0.29) is 5.91 Å². The number of aryl methyl sites for hydroxylation is 2. The van der Waals surface area contributed by atoms with E-state index < -0.39 is 0 Å². The molecule has 1 aliphatic heterocycles. The van der Waals surface area contributed by atoms with E-state index in [9.17, 15) is 4.79 Å². The molecular weight excluding hydrogens is 312 g/mol. The molecule has 3 nitrogen and oxygen atoms in total. The molecule has 110 valence electrons. The number of pyridine rings is 1. The smallest absolute Gasteiger partial charge is 0.268 e. The maximum Gasteiger partial charge on any atom is 0.270 e. The second kappa shape index (κ2) is 6.02. The number of thiocarbonyl (C=S) groups is 1. The summed E-state index contributed by atoms with van der Waals surface area (Å²) in [7, 11) is 0. The van der Waals surface area contributed by atoms with Crippen LogP contribution in [0.1, 0.15) is 17.0 Å². The molecule has 5 heteroatoms. The van der Waals surface area contributed by atoms with Gasteiger partial charge in [0.15, 0.2) is 4.32 Å². The number of rotatable bonds is 2. The molecule has 2 heterocycles. The lowest BCUT2D eigenvalue weighted by molar-refractivity contribution is -0.113. The highest BCUT2D eigenvalue weighted by atomic mass is 32.2. The summed E-state index contributed by atoms with van der Waals surface area (Å²) in [5, 5.41) is 0. The molecule has 1 aromatic heterocycles. The van der Waals surface area contributed by atoms with Crippen molar-refractivity contribution in [3.8, 4) is 0 Å². The SMILES string of the molecule is Cc1cccc(N2C(=O)/C(=C/c3cccc(C)n3)SC2=S)c1. The molecule has 0 radical (unpaired) electrons. The average molecular weight is 326 g/mol. The van der Waals surface area contributed by atoms with Crippen LogP contribution in [0, 0.1) is 13.8 Å². The van der Waals surface area contributed by atoms with Crippen molar-refractivity contribution in [1.29, 1.82) is 0 Å². The molecule has 1 amide bonds. The van der Waals surface area contributed by atoms with E-state index in [1.165, 1.54) is 11.8 Å². The van der Waals surface area contributed by atoms with E-state index in [4.69, 9.17) is 12.2 Å². The molecule has 0 N–H and O–H groups in total. The maximum atomic E-state index is 12.6. The van der Waals surface area contributed by atoms with Crippen molar-refractivity contribution in [2.24, 2.45) is 0 Å². The van der Waals surface area contributed by atoms with Crippen LogP contribution in [0.4, 0.5) is 5.69 Å². The Balaban J connectivity index is 1.95. The molecule has 1 fully saturated rings. The molecule has 0 aliphatic carbocycles. The number of anilines is 1. The zero-order valence-electron chi connectivity index (χ0n) is 12.2. The van der Waals surface area contributed by atoms with Gasteiger partial charge in [-0.05, 0) is 49.8 Å². The third-order valence-electron chi connectivity index (χ3n) is 3.24. The predicted octanol–water partition coefficient (Wildman–Crippen LogP) is 4.10. The quantitative estimate of drug-likeness (QED) is 0.614. The molecule has 0 unspecified atom stereocenters. The number of benzene rings is 1. The van der Waals surface area contributed by atoms with Crippen molar-refractivity contribution < 1.29 is 4.79 Å². The Hall–Kier alpha value is -1.98.